The van der Waals surface area contributed by atoms with Crippen LogP contribution in [0.15, 0.2) is 0 Å². The average Bonchev–Trinajstić information content (AvgIpc) is 2.82. The van der Waals surface area contributed by atoms with Gasteiger partial charge in [0.25, 0.3) is 0 Å². The second-order valence-electron chi connectivity index (χ2n) is 7.02. The van der Waals surface area contributed by atoms with Crippen molar-refractivity contribution in [3.05, 3.63) is 0 Å². The summed E-state index contributed by atoms with van der Waals surface area (Å²) in [6.07, 6.45) is 3.98. The lowest BCUT2D eigenvalue weighted by Crippen LogP contribution is -2.59. The van der Waals surface area contributed by atoms with E-state index in [9.17, 15) is 9.59 Å². The van der Waals surface area contributed by atoms with E-state index in [0.717, 1.165) is 38.9 Å². The molecule has 0 saturated carbocycles. The highest BCUT2D eigenvalue weighted by molar-refractivity contribution is 5.77. The van der Waals surface area contributed by atoms with Gasteiger partial charge in [0.15, 0.2) is 0 Å². The summed E-state index contributed by atoms with van der Waals surface area (Å²) < 4.78 is 11.6. The number of morpholine rings is 1. The summed E-state index contributed by atoms with van der Waals surface area (Å²) in [7, 11) is 0. The van der Waals surface area contributed by atoms with Crippen molar-refractivity contribution in [2.75, 3.05) is 59.1 Å². The van der Waals surface area contributed by atoms with E-state index in [1.807, 2.05) is 9.80 Å². The summed E-state index contributed by atoms with van der Waals surface area (Å²) in [5.74, 6) is 0.395. The summed E-state index contributed by atoms with van der Waals surface area (Å²) in [5.41, 5.74) is -0.409. The van der Waals surface area contributed by atoms with Crippen molar-refractivity contribution in [2.45, 2.75) is 37.7 Å². The molecule has 7 nitrogen and oxygen atoms in total. The Bertz CT molecular complexity index is 449. The lowest BCUT2D eigenvalue weighted by molar-refractivity contribution is -0.158. The Labute approximate surface area is 143 Å². The minimum atomic E-state index is -0.409. The summed E-state index contributed by atoms with van der Waals surface area (Å²) in [6, 6.07) is 0. The Hall–Kier alpha value is -1.18. The predicted molar refractivity (Wildman–Crippen MR) is 88.6 cm³/mol. The molecule has 1 N–H and O–H groups in total. The van der Waals surface area contributed by atoms with Crippen molar-refractivity contribution in [2.24, 2.45) is 0 Å². The van der Waals surface area contributed by atoms with Gasteiger partial charge >= 0.3 is 0 Å². The fourth-order valence-corrected chi connectivity index (χ4v) is 3.70. The van der Waals surface area contributed by atoms with Gasteiger partial charge in [0.1, 0.15) is 5.60 Å². The molecule has 0 aromatic heterocycles. The van der Waals surface area contributed by atoms with Crippen LogP contribution in [-0.4, -0.2) is 86.3 Å². The Kier molecular flexibility index (Phi) is 6.08. The number of likely N-dealkylation sites (tertiary alicyclic amines) is 1. The number of nitrogens with one attached hydrogen (secondary N) is 1. The van der Waals surface area contributed by atoms with Crippen molar-refractivity contribution in [1.82, 2.24) is 15.1 Å². The van der Waals surface area contributed by atoms with E-state index in [2.05, 4.69) is 5.32 Å². The molecule has 24 heavy (non-hydrogen) atoms. The van der Waals surface area contributed by atoms with Crippen LogP contribution in [0.3, 0.4) is 0 Å². The molecule has 3 rings (SSSR count). The highest BCUT2D eigenvalue weighted by Gasteiger charge is 2.39. The van der Waals surface area contributed by atoms with Crippen LogP contribution in [0.5, 0.6) is 0 Å². The molecule has 136 valence electrons. The number of rotatable bonds is 4. The molecule has 2 amide bonds. The molecule has 3 aliphatic rings. The van der Waals surface area contributed by atoms with E-state index in [1.165, 1.54) is 0 Å². The summed E-state index contributed by atoms with van der Waals surface area (Å²) in [6.45, 7) is 6.09. The Balaban J connectivity index is 1.45. The largest absolute Gasteiger partial charge is 0.377 e. The van der Waals surface area contributed by atoms with Crippen molar-refractivity contribution in [3.8, 4) is 0 Å². The van der Waals surface area contributed by atoms with Gasteiger partial charge in [-0.25, -0.2) is 0 Å². The number of amides is 2. The zero-order valence-corrected chi connectivity index (χ0v) is 14.4. The number of hydrogen-bond acceptors (Lipinski definition) is 5. The van der Waals surface area contributed by atoms with Crippen molar-refractivity contribution < 1.29 is 19.1 Å². The SMILES string of the molecule is O=C1CCCCN1CCCC(=O)N1CCO[C@]2(CNCCOC2)C1. The molecule has 0 aromatic rings. The second kappa shape index (κ2) is 8.27. The second-order valence-corrected chi connectivity index (χ2v) is 7.02. The first-order chi connectivity index (χ1) is 11.7. The first-order valence-electron chi connectivity index (χ1n) is 9.17. The quantitative estimate of drug-likeness (QED) is 0.780. The number of carbonyl (C=O) groups excluding carboxylic acids is 2. The standard InChI is InChI=1S/C17H29N3O4/c21-15-4-1-2-7-19(15)8-3-5-16(22)20-9-11-24-17(13-20)12-18-6-10-23-14-17/h18H,1-14H2/t17-/m1/s1. The Morgan fingerprint density at radius 3 is 3.04 bits per heavy atom. The van der Waals surface area contributed by atoms with E-state index in [0.29, 0.717) is 52.3 Å². The molecule has 0 bridgehead atoms. The number of hydrogen-bond donors (Lipinski definition) is 1. The van der Waals surface area contributed by atoms with Crippen LogP contribution in [0.4, 0.5) is 0 Å². The van der Waals surface area contributed by atoms with Crippen molar-refractivity contribution in [1.29, 1.82) is 0 Å². The van der Waals surface area contributed by atoms with Gasteiger partial charge in [-0.15, -0.1) is 0 Å². The van der Waals surface area contributed by atoms with Crippen molar-refractivity contribution >= 4 is 11.8 Å². The molecule has 1 atom stereocenters. The Morgan fingerprint density at radius 1 is 1.25 bits per heavy atom. The van der Waals surface area contributed by atoms with Crippen LogP contribution in [0.1, 0.15) is 32.1 Å². The molecule has 3 fully saturated rings. The smallest absolute Gasteiger partial charge is 0.222 e. The zero-order valence-electron chi connectivity index (χ0n) is 14.4. The highest BCUT2D eigenvalue weighted by Crippen LogP contribution is 2.20. The molecular formula is C17H29N3O4. The maximum Gasteiger partial charge on any atom is 0.222 e. The number of ether oxygens (including phenoxy) is 2. The van der Waals surface area contributed by atoms with E-state index in [4.69, 9.17) is 9.47 Å². The van der Waals surface area contributed by atoms with Gasteiger partial charge in [-0.1, -0.05) is 0 Å². The van der Waals surface area contributed by atoms with Gasteiger partial charge < -0.3 is 24.6 Å². The minimum absolute atomic E-state index is 0.159. The maximum absolute atomic E-state index is 12.5. The van der Waals surface area contributed by atoms with Crippen molar-refractivity contribution in [3.63, 3.8) is 0 Å². The van der Waals surface area contributed by atoms with E-state index >= 15 is 0 Å². The van der Waals surface area contributed by atoms with Crippen LogP contribution in [0.25, 0.3) is 0 Å². The van der Waals surface area contributed by atoms with E-state index in [1.54, 1.807) is 0 Å². The molecule has 0 aromatic carbocycles. The number of carbonyl (C=O) groups is 2. The molecule has 0 unspecified atom stereocenters. The summed E-state index contributed by atoms with van der Waals surface area (Å²) in [5, 5.41) is 3.33. The van der Waals surface area contributed by atoms with Crippen LogP contribution >= 0.6 is 0 Å². The van der Waals surface area contributed by atoms with Gasteiger partial charge in [-0.2, -0.15) is 0 Å². The van der Waals surface area contributed by atoms with E-state index in [-0.39, 0.29) is 11.8 Å². The molecule has 7 heteroatoms. The average molecular weight is 339 g/mol. The lowest BCUT2D eigenvalue weighted by Gasteiger charge is -2.42. The van der Waals surface area contributed by atoms with Gasteiger partial charge in [-0.05, 0) is 19.3 Å². The molecule has 1 spiro atoms. The first-order valence-corrected chi connectivity index (χ1v) is 9.17. The molecular weight excluding hydrogens is 310 g/mol. The molecule has 3 aliphatic heterocycles. The fraction of sp³-hybridized carbons (Fsp3) is 0.882. The topological polar surface area (TPSA) is 71.1 Å². The Morgan fingerprint density at radius 2 is 2.17 bits per heavy atom. The van der Waals surface area contributed by atoms with Gasteiger partial charge in [-0.3, -0.25) is 9.59 Å². The monoisotopic (exact) mass is 339 g/mol. The van der Waals surface area contributed by atoms with Crippen LogP contribution in [-0.2, 0) is 19.1 Å². The van der Waals surface area contributed by atoms with Gasteiger partial charge in [0, 0.05) is 45.6 Å². The van der Waals surface area contributed by atoms with Crippen LogP contribution in [0, 0.1) is 0 Å². The van der Waals surface area contributed by atoms with Crippen LogP contribution < -0.4 is 5.32 Å². The van der Waals surface area contributed by atoms with Crippen LogP contribution in [0.2, 0.25) is 0 Å². The number of nitrogens with zero attached hydrogens (tertiary/aromatic N) is 2. The summed E-state index contributed by atoms with van der Waals surface area (Å²) >= 11 is 0. The maximum atomic E-state index is 12.5. The first kappa shape index (κ1) is 17.6. The minimum Gasteiger partial charge on any atom is -0.377 e. The van der Waals surface area contributed by atoms with Gasteiger partial charge in [0.2, 0.25) is 11.8 Å². The molecule has 0 aliphatic carbocycles. The number of piperidine rings is 1. The molecule has 3 heterocycles. The van der Waals surface area contributed by atoms with E-state index < -0.39 is 5.60 Å². The third-order valence-corrected chi connectivity index (χ3v) is 5.08. The fourth-order valence-electron chi connectivity index (χ4n) is 3.70. The molecule has 3 saturated heterocycles. The van der Waals surface area contributed by atoms with Gasteiger partial charge in [0.05, 0.1) is 26.4 Å². The predicted octanol–water partition coefficient (Wildman–Crippen LogP) is -0.00350. The third-order valence-electron chi connectivity index (χ3n) is 5.08. The summed E-state index contributed by atoms with van der Waals surface area (Å²) in [4.78, 5) is 28.1. The third kappa shape index (κ3) is 4.46. The normalized spacial score (nSPS) is 28.9. The molecule has 0 radical (unpaired) electrons. The lowest BCUT2D eigenvalue weighted by atomic mass is 10.0. The zero-order chi connectivity index (χ0) is 16.8. The highest BCUT2D eigenvalue weighted by atomic mass is 16.5.